The first-order valence-corrected chi connectivity index (χ1v) is 6.11. The van der Waals surface area contributed by atoms with Gasteiger partial charge in [0.1, 0.15) is 5.76 Å². The normalized spacial score (nSPS) is 19.6. The van der Waals surface area contributed by atoms with E-state index in [1.165, 1.54) is 12.8 Å². The van der Waals surface area contributed by atoms with Gasteiger partial charge < -0.3 is 14.8 Å². The van der Waals surface area contributed by atoms with Gasteiger partial charge in [-0.1, -0.05) is 0 Å². The highest BCUT2D eigenvalue weighted by Crippen LogP contribution is 2.47. The molecule has 1 aliphatic carbocycles. The summed E-state index contributed by atoms with van der Waals surface area (Å²) >= 11 is 0. The number of furan rings is 1. The van der Waals surface area contributed by atoms with Crippen LogP contribution in [0.4, 0.5) is 0 Å². The SMILES string of the molecule is CC(Cc1ccco1)NCC1(CCO)CC1. The van der Waals surface area contributed by atoms with Crippen LogP contribution >= 0.6 is 0 Å². The van der Waals surface area contributed by atoms with Crippen LogP contribution in [0.25, 0.3) is 0 Å². The van der Waals surface area contributed by atoms with Crippen molar-refractivity contribution in [2.75, 3.05) is 13.2 Å². The first-order valence-electron chi connectivity index (χ1n) is 6.11. The molecule has 1 aromatic heterocycles. The lowest BCUT2D eigenvalue weighted by molar-refractivity contribution is 0.242. The van der Waals surface area contributed by atoms with Gasteiger partial charge in [-0.15, -0.1) is 0 Å². The van der Waals surface area contributed by atoms with Crippen LogP contribution in [0, 0.1) is 5.41 Å². The number of rotatable bonds is 7. The number of hydrogen-bond donors (Lipinski definition) is 2. The first kappa shape index (κ1) is 11.7. The second-order valence-corrected chi connectivity index (χ2v) is 5.04. The standard InChI is InChI=1S/C13H21NO2/c1-11(9-12-3-2-8-16-12)14-10-13(4-5-13)6-7-15/h2-3,8,11,14-15H,4-7,9-10H2,1H3. The molecule has 1 unspecified atom stereocenters. The largest absolute Gasteiger partial charge is 0.469 e. The Morgan fingerprint density at radius 1 is 1.56 bits per heavy atom. The fourth-order valence-corrected chi connectivity index (χ4v) is 2.12. The summed E-state index contributed by atoms with van der Waals surface area (Å²) in [6, 6.07) is 4.37. The molecular formula is C13H21NO2. The van der Waals surface area contributed by atoms with Crippen LogP contribution in [0.2, 0.25) is 0 Å². The van der Waals surface area contributed by atoms with Gasteiger partial charge in [0, 0.05) is 25.6 Å². The minimum atomic E-state index is 0.314. The highest BCUT2D eigenvalue weighted by atomic mass is 16.3. The van der Waals surface area contributed by atoms with Crippen molar-refractivity contribution >= 4 is 0 Å². The Balaban J connectivity index is 1.70. The molecule has 0 bridgehead atoms. The van der Waals surface area contributed by atoms with Crippen molar-refractivity contribution in [2.24, 2.45) is 5.41 Å². The summed E-state index contributed by atoms with van der Waals surface area (Å²) in [5, 5.41) is 12.5. The maximum Gasteiger partial charge on any atom is 0.105 e. The zero-order valence-electron chi connectivity index (χ0n) is 9.91. The summed E-state index contributed by atoms with van der Waals surface area (Å²) in [6.45, 7) is 3.52. The van der Waals surface area contributed by atoms with Gasteiger partial charge in [-0.2, -0.15) is 0 Å². The Morgan fingerprint density at radius 2 is 2.38 bits per heavy atom. The summed E-state index contributed by atoms with van der Waals surface area (Å²) in [5.41, 5.74) is 0.395. The van der Waals surface area contributed by atoms with E-state index in [4.69, 9.17) is 9.52 Å². The van der Waals surface area contributed by atoms with Crippen LogP contribution in [0.5, 0.6) is 0 Å². The van der Waals surface area contributed by atoms with E-state index in [-0.39, 0.29) is 0 Å². The predicted octanol–water partition coefficient (Wildman–Crippen LogP) is 1.96. The topological polar surface area (TPSA) is 45.4 Å². The van der Waals surface area contributed by atoms with Gasteiger partial charge in [-0.05, 0) is 43.7 Å². The summed E-state index contributed by atoms with van der Waals surface area (Å²) in [4.78, 5) is 0. The molecule has 1 heterocycles. The fourth-order valence-electron chi connectivity index (χ4n) is 2.12. The van der Waals surface area contributed by atoms with Gasteiger partial charge in [-0.25, -0.2) is 0 Å². The number of aliphatic hydroxyl groups is 1. The van der Waals surface area contributed by atoms with Crippen molar-refractivity contribution in [3.8, 4) is 0 Å². The van der Waals surface area contributed by atoms with Crippen molar-refractivity contribution in [1.29, 1.82) is 0 Å². The third-order valence-corrected chi connectivity index (χ3v) is 3.51. The molecular weight excluding hydrogens is 202 g/mol. The fraction of sp³-hybridized carbons (Fsp3) is 0.692. The van der Waals surface area contributed by atoms with E-state index in [1.54, 1.807) is 6.26 Å². The highest BCUT2D eigenvalue weighted by molar-refractivity contribution is 5.01. The lowest BCUT2D eigenvalue weighted by Crippen LogP contribution is -2.33. The number of hydrogen-bond acceptors (Lipinski definition) is 3. The molecule has 2 N–H and O–H groups in total. The molecule has 0 saturated heterocycles. The van der Waals surface area contributed by atoms with Crippen LogP contribution in [0.15, 0.2) is 22.8 Å². The van der Waals surface area contributed by atoms with Crippen molar-refractivity contribution in [2.45, 2.75) is 38.6 Å². The molecule has 16 heavy (non-hydrogen) atoms. The first-order chi connectivity index (χ1) is 7.74. The maximum absolute atomic E-state index is 8.97. The lowest BCUT2D eigenvalue weighted by atomic mass is 10.0. The average molecular weight is 223 g/mol. The quantitative estimate of drug-likeness (QED) is 0.742. The van der Waals surface area contributed by atoms with Crippen molar-refractivity contribution in [1.82, 2.24) is 5.32 Å². The third kappa shape index (κ3) is 3.09. The molecule has 0 amide bonds. The van der Waals surface area contributed by atoms with Crippen LogP contribution < -0.4 is 5.32 Å². The molecule has 2 rings (SSSR count). The smallest absolute Gasteiger partial charge is 0.105 e. The highest BCUT2D eigenvalue weighted by Gasteiger charge is 2.41. The molecule has 1 aliphatic rings. The predicted molar refractivity (Wildman–Crippen MR) is 63.2 cm³/mol. The Kier molecular flexibility index (Phi) is 3.66. The van der Waals surface area contributed by atoms with Gasteiger partial charge in [0.15, 0.2) is 0 Å². The van der Waals surface area contributed by atoms with E-state index in [0.29, 0.717) is 18.1 Å². The molecule has 90 valence electrons. The lowest BCUT2D eigenvalue weighted by Gasteiger charge is -2.18. The molecule has 1 fully saturated rings. The van der Waals surface area contributed by atoms with E-state index >= 15 is 0 Å². The minimum Gasteiger partial charge on any atom is -0.469 e. The Morgan fingerprint density at radius 3 is 2.94 bits per heavy atom. The second-order valence-electron chi connectivity index (χ2n) is 5.04. The zero-order chi connectivity index (χ0) is 11.4. The van der Waals surface area contributed by atoms with Crippen molar-refractivity contribution in [3.63, 3.8) is 0 Å². The molecule has 0 spiro atoms. The van der Waals surface area contributed by atoms with Crippen LogP contribution in [0.1, 0.15) is 31.9 Å². The van der Waals surface area contributed by atoms with Crippen LogP contribution in [-0.2, 0) is 6.42 Å². The van der Waals surface area contributed by atoms with E-state index in [2.05, 4.69) is 12.2 Å². The van der Waals surface area contributed by atoms with Gasteiger partial charge in [0.2, 0.25) is 0 Å². The number of aliphatic hydroxyl groups excluding tert-OH is 1. The van der Waals surface area contributed by atoms with E-state index < -0.39 is 0 Å². The van der Waals surface area contributed by atoms with Gasteiger partial charge >= 0.3 is 0 Å². The van der Waals surface area contributed by atoms with Crippen molar-refractivity contribution in [3.05, 3.63) is 24.2 Å². The maximum atomic E-state index is 8.97. The molecule has 1 saturated carbocycles. The van der Waals surface area contributed by atoms with Crippen LogP contribution in [0.3, 0.4) is 0 Å². The van der Waals surface area contributed by atoms with Gasteiger partial charge in [-0.3, -0.25) is 0 Å². The summed E-state index contributed by atoms with van der Waals surface area (Å²) in [6.07, 6.45) is 6.11. The molecule has 3 heteroatoms. The molecule has 1 atom stereocenters. The zero-order valence-corrected chi connectivity index (χ0v) is 9.91. The molecule has 0 aliphatic heterocycles. The summed E-state index contributed by atoms with van der Waals surface area (Å²) in [7, 11) is 0. The van der Waals surface area contributed by atoms with Gasteiger partial charge in [0.05, 0.1) is 6.26 Å². The number of nitrogens with one attached hydrogen (secondary N) is 1. The van der Waals surface area contributed by atoms with E-state index in [0.717, 1.165) is 25.1 Å². The van der Waals surface area contributed by atoms with Gasteiger partial charge in [0.25, 0.3) is 0 Å². The minimum absolute atomic E-state index is 0.314. The van der Waals surface area contributed by atoms with E-state index in [9.17, 15) is 0 Å². The second kappa shape index (κ2) is 5.02. The Bertz CT molecular complexity index is 304. The molecule has 0 aromatic carbocycles. The molecule has 0 radical (unpaired) electrons. The van der Waals surface area contributed by atoms with Crippen molar-refractivity contribution < 1.29 is 9.52 Å². The van der Waals surface area contributed by atoms with Crippen LogP contribution in [-0.4, -0.2) is 24.3 Å². The third-order valence-electron chi connectivity index (χ3n) is 3.51. The Hall–Kier alpha value is -0.800. The van der Waals surface area contributed by atoms with E-state index in [1.807, 2.05) is 12.1 Å². The summed E-state index contributed by atoms with van der Waals surface area (Å²) in [5.74, 6) is 1.03. The monoisotopic (exact) mass is 223 g/mol. The summed E-state index contributed by atoms with van der Waals surface area (Å²) < 4.78 is 5.32. The average Bonchev–Trinajstić information content (AvgIpc) is 2.83. The molecule has 1 aromatic rings. The molecule has 3 nitrogen and oxygen atoms in total. The Labute approximate surface area is 96.8 Å².